The minimum Gasteiger partial charge on any atom is -0.455 e. The zero-order chi connectivity index (χ0) is 22.9. The number of nitrogens with one attached hydrogen (secondary N) is 1. The van der Waals surface area contributed by atoms with Crippen LogP contribution in [0, 0.1) is 0 Å². The monoisotopic (exact) mass is 445 g/mol. The Morgan fingerprint density at radius 3 is 2.52 bits per heavy atom. The summed E-state index contributed by atoms with van der Waals surface area (Å²) >= 11 is 0. The molecule has 2 aromatic heterocycles. The fourth-order valence-corrected chi connectivity index (χ4v) is 4.21. The Bertz CT molecular complexity index is 1310. The van der Waals surface area contributed by atoms with Gasteiger partial charge in [0.25, 0.3) is 5.92 Å². The predicted molar refractivity (Wildman–Crippen MR) is 122 cm³/mol. The van der Waals surface area contributed by atoms with Gasteiger partial charge in [-0.05, 0) is 35.4 Å². The number of hydrogen-bond acceptors (Lipinski definition) is 5. The number of nitrogens with zero attached hydrogens (tertiary/aromatic N) is 2. The standard InChI is InChI=1S/C26H21F2N3O2/c27-26(28)13-16-30-17-25(26,33-23-10-9-19-5-1-4-8-22(19)31-23)24(32)21-7-3-2-6-20(21)18-11-14-29-15-12-18/h1-12,14-15,30H,13,16-17H2/t25-/m0/s1. The van der Waals surface area contributed by atoms with Crippen LogP contribution in [0.5, 0.6) is 5.88 Å². The normalized spacial score (nSPS) is 19.8. The van der Waals surface area contributed by atoms with Gasteiger partial charge >= 0.3 is 0 Å². The molecular formula is C26H21F2N3O2. The van der Waals surface area contributed by atoms with Crippen molar-refractivity contribution in [3.05, 3.63) is 90.8 Å². The molecule has 2 aromatic carbocycles. The first-order chi connectivity index (χ1) is 16.0. The molecule has 7 heteroatoms. The second-order valence-corrected chi connectivity index (χ2v) is 8.01. The highest BCUT2D eigenvalue weighted by molar-refractivity contribution is 6.08. The Balaban J connectivity index is 1.63. The highest BCUT2D eigenvalue weighted by atomic mass is 19.3. The molecule has 0 radical (unpaired) electrons. The fourth-order valence-electron chi connectivity index (χ4n) is 4.21. The summed E-state index contributed by atoms with van der Waals surface area (Å²) in [5.41, 5.74) is -0.431. The highest BCUT2D eigenvalue weighted by Gasteiger charge is 2.63. The Hall–Kier alpha value is -3.71. The molecule has 1 aliphatic heterocycles. The van der Waals surface area contributed by atoms with Gasteiger partial charge in [0.1, 0.15) is 0 Å². The Kier molecular flexibility index (Phi) is 5.34. The second kappa shape index (κ2) is 8.33. The molecule has 0 unspecified atom stereocenters. The van der Waals surface area contributed by atoms with E-state index in [1.54, 1.807) is 60.9 Å². The summed E-state index contributed by atoms with van der Waals surface area (Å²) in [6, 6.07) is 20.8. The summed E-state index contributed by atoms with van der Waals surface area (Å²) in [6.07, 6.45) is 2.67. The number of pyridine rings is 2. The van der Waals surface area contributed by atoms with Crippen molar-refractivity contribution in [3.8, 4) is 17.0 Å². The number of aromatic nitrogens is 2. The minimum absolute atomic E-state index is 0.0215. The number of para-hydroxylation sites is 1. The van der Waals surface area contributed by atoms with Gasteiger partial charge in [0, 0.05) is 48.9 Å². The van der Waals surface area contributed by atoms with Crippen LogP contribution in [-0.2, 0) is 0 Å². The summed E-state index contributed by atoms with van der Waals surface area (Å²) in [6.45, 7) is -0.249. The van der Waals surface area contributed by atoms with Gasteiger partial charge in [-0.2, -0.15) is 0 Å². The van der Waals surface area contributed by atoms with Crippen LogP contribution >= 0.6 is 0 Å². The highest BCUT2D eigenvalue weighted by Crippen LogP contribution is 2.41. The number of piperidine rings is 1. The summed E-state index contributed by atoms with van der Waals surface area (Å²) < 4.78 is 37.0. The molecule has 0 saturated carbocycles. The van der Waals surface area contributed by atoms with Gasteiger partial charge in [0.2, 0.25) is 17.3 Å². The Morgan fingerprint density at radius 1 is 0.939 bits per heavy atom. The lowest BCUT2D eigenvalue weighted by Gasteiger charge is -2.42. The van der Waals surface area contributed by atoms with E-state index in [0.717, 1.165) is 5.39 Å². The van der Waals surface area contributed by atoms with Gasteiger partial charge in [-0.3, -0.25) is 9.78 Å². The number of carbonyl (C=O) groups excluding carboxylic acids is 1. The fraction of sp³-hybridized carbons (Fsp3) is 0.192. The van der Waals surface area contributed by atoms with Gasteiger partial charge < -0.3 is 10.1 Å². The average molecular weight is 445 g/mol. The lowest BCUT2D eigenvalue weighted by atomic mass is 9.80. The zero-order valence-corrected chi connectivity index (χ0v) is 17.7. The zero-order valence-electron chi connectivity index (χ0n) is 17.7. The van der Waals surface area contributed by atoms with E-state index in [-0.39, 0.29) is 24.5 Å². The van der Waals surface area contributed by atoms with Crippen molar-refractivity contribution in [1.82, 2.24) is 15.3 Å². The number of benzene rings is 2. The number of ketones is 1. The Labute approximate surface area is 189 Å². The van der Waals surface area contributed by atoms with Crippen molar-refractivity contribution in [3.63, 3.8) is 0 Å². The third-order valence-electron chi connectivity index (χ3n) is 5.96. The van der Waals surface area contributed by atoms with Crippen molar-refractivity contribution in [2.24, 2.45) is 0 Å². The molecule has 1 N–H and O–H groups in total. The smallest absolute Gasteiger partial charge is 0.296 e. The SMILES string of the molecule is O=C(c1ccccc1-c1ccncc1)[C@@]1(Oc2ccc3ccccc3n2)CNCCC1(F)F. The van der Waals surface area contributed by atoms with E-state index in [0.29, 0.717) is 16.6 Å². The molecule has 0 aliphatic carbocycles. The number of ether oxygens (including phenoxy) is 1. The predicted octanol–water partition coefficient (Wildman–Crippen LogP) is 4.93. The summed E-state index contributed by atoms with van der Waals surface area (Å²) in [5.74, 6) is -4.22. The minimum atomic E-state index is -3.41. The maximum absolute atomic E-state index is 15.6. The third kappa shape index (κ3) is 3.74. The number of Topliss-reactive ketones (excluding diaryl/α,β-unsaturated/α-hetero) is 1. The van der Waals surface area contributed by atoms with E-state index in [1.165, 1.54) is 6.07 Å². The maximum Gasteiger partial charge on any atom is 0.296 e. The molecule has 4 aromatic rings. The largest absolute Gasteiger partial charge is 0.455 e. The first kappa shape index (κ1) is 21.2. The molecule has 1 atom stereocenters. The van der Waals surface area contributed by atoms with Crippen LogP contribution in [-0.4, -0.2) is 40.4 Å². The van der Waals surface area contributed by atoms with Crippen LogP contribution in [0.15, 0.2) is 85.2 Å². The molecule has 1 fully saturated rings. The van der Waals surface area contributed by atoms with E-state index in [4.69, 9.17) is 4.74 Å². The maximum atomic E-state index is 15.6. The van der Waals surface area contributed by atoms with Crippen molar-refractivity contribution < 1.29 is 18.3 Å². The lowest BCUT2D eigenvalue weighted by Crippen LogP contribution is -2.67. The molecule has 166 valence electrons. The lowest BCUT2D eigenvalue weighted by molar-refractivity contribution is -0.155. The van der Waals surface area contributed by atoms with Gasteiger partial charge in [-0.15, -0.1) is 0 Å². The molecule has 0 amide bonds. The summed E-state index contributed by atoms with van der Waals surface area (Å²) in [4.78, 5) is 22.3. The number of hydrogen-bond donors (Lipinski definition) is 1. The first-order valence-corrected chi connectivity index (χ1v) is 10.7. The molecule has 33 heavy (non-hydrogen) atoms. The Morgan fingerprint density at radius 2 is 1.70 bits per heavy atom. The number of carbonyl (C=O) groups is 1. The van der Waals surface area contributed by atoms with Gasteiger partial charge in [-0.1, -0.05) is 42.5 Å². The first-order valence-electron chi connectivity index (χ1n) is 10.7. The molecule has 1 saturated heterocycles. The van der Waals surface area contributed by atoms with E-state index in [2.05, 4.69) is 15.3 Å². The van der Waals surface area contributed by atoms with Gasteiger partial charge in [-0.25, -0.2) is 13.8 Å². The van der Waals surface area contributed by atoms with E-state index < -0.39 is 23.7 Å². The average Bonchev–Trinajstić information content (AvgIpc) is 2.85. The van der Waals surface area contributed by atoms with Crippen LogP contribution in [0.2, 0.25) is 0 Å². The van der Waals surface area contributed by atoms with E-state index in [9.17, 15) is 4.79 Å². The number of halogens is 2. The van der Waals surface area contributed by atoms with Crippen LogP contribution in [0.1, 0.15) is 16.8 Å². The number of alkyl halides is 2. The van der Waals surface area contributed by atoms with Crippen molar-refractivity contribution in [2.75, 3.05) is 13.1 Å². The van der Waals surface area contributed by atoms with Gasteiger partial charge in [0.05, 0.1) is 5.52 Å². The molecular weight excluding hydrogens is 424 g/mol. The van der Waals surface area contributed by atoms with Crippen LogP contribution < -0.4 is 10.1 Å². The van der Waals surface area contributed by atoms with Crippen LogP contribution in [0.3, 0.4) is 0 Å². The van der Waals surface area contributed by atoms with Crippen LogP contribution in [0.4, 0.5) is 8.78 Å². The third-order valence-corrected chi connectivity index (χ3v) is 5.96. The van der Waals surface area contributed by atoms with Crippen molar-refractivity contribution in [2.45, 2.75) is 17.9 Å². The number of fused-ring (bicyclic) bond motifs is 1. The summed E-state index contributed by atoms with van der Waals surface area (Å²) in [5, 5.41) is 3.78. The van der Waals surface area contributed by atoms with E-state index in [1.807, 2.05) is 18.2 Å². The molecule has 5 nitrogen and oxygen atoms in total. The number of rotatable bonds is 5. The van der Waals surface area contributed by atoms with Crippen molar-refractivity contribution in [1.29, 1.82) is 0 Å². The van der Waals surface area contributed by atoms with E-state index >= 15 is 8.78 Å². The van der Waals surface area contributed by atoms with Crippen molar-refractivity contribution >= 4 is 16.7 Å². The molecule has 3 heterocycles. The quantitative estimate of drug-likeness (QED) is 0.442. The van der Waals surface area contributed by atoms with Crippen LogP contribution in [0.25, 0.3) is 22.0 Å². The van der Waals surface area contributed by atoms with Gasteiger partial charge in [0.15, 0.2) is 0 Å². The molecule has 0 spiro atoms. The topological polar surface area (TPSA) is 64.1 Å². The second-order valence-electron chi connectivity index (χ2n) is 8.01. The molecule has 0 bridgehead atoms. The molecule has 5 rings (SSSR count). The molecule has 1 aliphatic rings. The summed E-state index contributed by atoms with van der Waals surface area (Å²) in [7, 11) is 0.